The van der Waals surface area contributed by atoms with Crippen LogP contribution < -0.4 is 5.32 Å². The van der Waals surface area contributed by atoms with Crippen LogP contribution in [0.4, 0.5) is 17.6 Å². The van der Waals surface area contributed by atoms with Crippen molar-refractivity contribution in [3.8, 4) is 0 Å². The summed E-state index contributed by atoms with van der Waals surface area (Å²) in [4.78, 5) is 20.8. The van der Waals surface area contributed by atoms with E-state index in [1.807, 2.05) is 0 Å². The molecule has 4 rings (SSSR count). The van der Waals surface area contributed by atoms with Crippen molar-refractivity contribution >= 4 is 11.8 Å². The maximum atomic E-state index is 14.4. The Bertz CT molecular complexity index is 1110. The number of aromatic nitrogens is 1. The molecule has 0 amide bonds. The first-order chi connectivity index (χ1) is 13.8. The predicted molar refractivity (Wildman–Crippen MR) is 94.9 cm³/mol. The van der Waals surface area contributed by atoms with Gasteiger partial charge in [-0.1, -0.05) is 6.07 Å². The summed E-state index contributed by atoms with van der Waals surface area (Å²) in [6.45, 7) is 1.56. The standard InChI is InChI=1S/C20H15F4N3O2/c1-9-15(19(28)29-2)20(6-5-11-12(20)3-4-13(22)16(11)24)27-18(26-9)17-14(23)7-10(21)8-25-17/h3-4,7-8H,5-6H2,1-2H3,(H,26,27). The van der Waals surface area contributed by atoms with E-state index in [0.717, 1.165) is 12.3 Å². The minimum Gasteiger partial charge on any atom is -0.466 e. The van der Waals surface area contributed by atoms with Crippen LogP contribution in [-0.4, -0.2) is 23.9 Å². The van der Waals surface area contributed by atoms with Gasteiger partial charge in [-0.05, 0) is 37.0 Å². The average molecular weight is 405 g/mol. The number of nitrogens with zero attached hydrogens (tertiary/aromatic N) is 2. The number of halogens is 4. The minimum absolute atomic E-state index is 0.0507. The lowest BCUT2D eigenvalue weighted by atomic mass is 9.81. The highest BCUT2D eigenvalue weighted by Crippen LogP contribution is 2.49. The third-order valence-corrected chi connectivity index (χ3v) is 5.20. The Kier molecular flexibility index (Phi) is 4.40. The molecule has 1 aliphatic carbocycles. The molecule has 1 aromatic carbocycles. The first-order valence-electron chi connectivity index (χ1n) is 8.74. The summed E-state index contributed by atoms with van der Waals surface area (Å²) in [5.41, 5.74) is -0.884. The maximum Gasteiger partial charge on any atom is 0.338 e. The first kappa shape index (κ1) is 19.1. The Morgan fingerprint density at radius 1 is 1.21 bits per heavy atom. The molecule has 1 N–H and O–H groups in total. The summed E-state index contributed by atoms with van der Waals surface area (Å²) in [7, 11) is 1.19. The number of ether oxygens (including phenoxy) is 1. The highest BCUT2D eigenvalue weighted by atomic mass is 19.2. The van der Waals surface area contributed by atoms with Crippen LogP contribution in [0.1, 0.15) is 30.2 Å². The molecule has 9 heteroatoms. The van der Waals surface area contributed by atoms with Crippen molar-refractivity contribution in [1.82, 2.24) is 10.3 Å². The van der Waals surface area contributed by atoms with Gasteiger partial charge < -0.3 is 10.1 Å². The third kappa shape index (κ3) is 2.80. The summed E-state index contributed by atoms with van der Waals surface area (Å²) in [6, 6.07) is 2.98. The smallest absolute Gasteiger partial charge is 0.338 e. The van der Waals surface area contributed by atoms with Crippen molar-refractivity contribution in [2.45, 2.75) is 25.3 Å². The topological polar surface area (TPSA) is 63.6 Å². The van der Waals surface area contributed by atoms with Crippen LogP contribution in [-0.2, 0) is 21.5 Å². The summed E-state index contributed by atoms with van der Waals surface area (Å²) in [6.07, 6.45) is 1.09. The number of allylic oxidation sites excluding steroid dienone is 1. The van der Waals surface area contributed by atoms with E-state index >= 15 is 0 Å². The Morgan fingerprint density at radius 3 is 2.66 bits per heavy atom. The Morgan fingerprint density at radius 2 is 1.97 bits per heavy atom. The van der Waals surface area contributed by atoms with Gasteiger partial charge in [-0.3, -0.25) is 0 Å². The fourth-order valence-corrected chi connectivity index (χ4v) is 3.99. The summed E-state index contributed by atoms with van der Waals surface area (Å²) in [5, 5.41) is 2.80. The van der Waals surface area contributed by atoms with Crippen LogP contribution in [0.3, 0.4) is 0 Å². The second-order valence-corrected chi connectivity index (χ2v) is 6.81. The number of carbonyl (C=O) groups excluding carboxylic acids is 1. The molecule has 0 fully saturated rings. The quantitative estimate of drug-likeness (QED) is 0.615. The molecule has 150 valence electrons. The zero-order valence-electron chi connectivity index (χ0n) is 15.4. The number of fused-ring (bicyclic) bond motifs is 2. The third-order valence-electron chi connectivity index (χ3n) is 5.20. The van der Waals surface area contributed by atoms with Gasteiger partial charge in [0.15, 0.2) is 23.3 Å². The maximum absolute atomic E-state index is 14.4. The number of pyridine rings is 1. The van der Waals surface area contributed by atoms with E-state index in [4.69, 9.17) is 4.74 Å². The summed E-state index contributed by atoms with van der Waals surface area (Å²) < 4.78 is 60.6. The summed E-state index contributed by atoms with van der Waals surface area (Å²) in [5.74, 6) is -4.59. The van der Waals surface area contributed by atoms with Crippen LogP contribution in [0.25, 0.3) is 0 Å². The molecule has 1 atom stereocenters. The number of methoxy groups -OCH3 is 1. The highest BCUT2D eigenvalue weighted by molar-refractivity contribution is 6.03. The molecule has 1 aliphatic heterocycles. The number of esters is 1. The number of rotatable bonds is 2. The lowest BCUT2D eigenvalue weighted by Gasteiger charge is -2.34. The van der Waals surface area contributed by atoms with Crippen molar-refractivity contribution in [2.75, 3.05) is 7.11 Å². The number of aliphatic imine (C=N–C) groups is 1. The molecular formula is C20H15F4N3O2. The van der Waals surface area contributed by atoms with E-state index < -0.39 is 34.8 Å². The molecule has 1 spiro atoms. The van der Waals surface area contributed by atoms with Crippen LogP contribution in [0, 0.1) is 23.3 Å². The minimum atomic E-state index is -1.41. The zero-order chi connectivity index (χ0) is 20.9. The molecule has 2 aliphatic rings. The van der Waals surface area contributed by atoms with E-state index in [0.29, 0.717) is 11.8 Å². The zero-order valence-corrected chi connectivity index (χ0v) is 15.4. The number of hydrogen-bond donors (Lipinski definition) is 1. The van der Waals surface area contributed by atoms with Gasteiger partial charge in [0.2, 0.25) is 0 Å². The lowest BCUT2D eigenvalue weighted by molar-refractivity contribution is -0.137. The second kappa shape index (κ2) is 6.68. The number of benzene rings is 1. The fourth-order valence-electron chi connectivity index (χ4n) is 3.99. The van der Waals surface area contributed by atoms with E-state index in [1.54, 1.807) is 6.92 Å². The van der Waals surface area contributed by atoms with E-state index in [-0.39, 0.29) is 41.1 Å². The average Bonchev–Trinajstić information content (AvgIpc) is 3.03. The molecule has 0 bridgehead atoms. The van der Waals surface area contributed by atoms with Gasteiger partial charge in [0, 0.05) is 11.8 Å². The van der Waals surface area contributed by atoms with Gasteiger partial charge in [-0.25, -0.2) is 32.3 Å². The Balaban J connectivity index is 1.98. The van der Waals surface area contributed by atoms with Crippen LogP contribution in [0.15, 0.2) is 40.7 Å². The van der Waals surface area contributed by atoms with E-state index in [2.05, 4.69) is 15.3 Å². The monoisotopic (exact) mass is 405 g/mol. The molecule has 1 unspecified atom stereocenters. The number of hydrogen-bond acceptors (Lipinski definition) is 5. The molecule has 0 radical (unpaired) electrons. The van der Waals surface area contributed by atoms with Crippen LogP contribution in [0.5, 0.6) is 0 Å². The number of amidine groups is 1. The molecule has 1 aromatic heterocycles. The molecule has 0 saturated heterocycles. The van der Waals surface area contributed by atoms with Gasteiger partial charge in [-0.2, -0.15) is 0 Å². The van der Waals surface area contributed by atoms with E-state index in [9.17, 15) is 22.4 Å². The van der Waals surface area contributed by atoms with Crippen molar-refractivity contribution in [2.24, 2.45) is 4.99 Å². The number of carbonyl (C=O) groups is 1. The summed E-state index contributed by atoms with van der Waals surface area (Å²) >= 11 is 0. The highest BCUT2D eigenvalue weighted by Gasteiger charge is 2.50. The SMILES string of the molecule is COC(=O)C1=C(C)NC(c2ncc(F)cc2F)=NC12CCc1c2ccc(F)c1F. The molecule has 2 aromatic rings. The van der Waals surface area contributed by atoms with Crippen molar-refractivity contribution < 1.29 is 27.1 Å². The predicted octanol–water partition coefficient (Wildman–Crippen LogP) is 3.28. The van der Waals surface area contributed by atoms with Gasteiger partial charge in [0.05, 0.1) is 18.9 Å². The fraction of sp³-hybridized carbons (Fsp3) is 0.250. The molecule has 29 heavy (non-hydrogen) atoms. The van der Waals surface area contributed by atoms with Gasteiger partial charge in [0.25, 0.3) is 0 Å². The van der Waals surface area contributed by atoms with Crippen molar-refractivity contribution in [3.05, 3.63) is 75.8 Å². The first-order valence-corrected chi connectivity index (χ1v) is 8.74. The van der Waals surface area contributed by atoms with Crippen LogP contribution >= 0.6 is 0 Å². The van der Waals surface area contributed by atoms with Crippen molar-refractivity contribution in [1.29, 1.82) is 0 Å². The second-order valence-electron chi connectivity index (χ2n) is 6.81. The molecule has 0 saturated carbocycles. The van der Waals surface area contributed by atoms with Crippen molar-refractivity contribution in [3.63, 3.8) is 0 Å². The Labute approximate surface area is 163 Å². The largest absolute Gasteiger partial charge is 0.466 e. The lowest BCUT2D eigenvalue weighted by Crippen LogP contribution is -2.42. The van der Waals surface area contributed by atoms with Crippen LogP contribution in [0.2, 0.25) is 0 Å². The van der Waals surface area contributed by atoms with E-state index in [1.165, 1.54) is 13.2 Å². The molecule has 5 nitrogen and oxygen atoms in total. The number of nitrogens with one attached hydrogen (secondary N) is 1. The Hall–Kier alpha value is -3.23. The van der Waals surface area contributed by atoms with Gasteiger partial charge >= 0.3 is 5.97 Å². The molecular weight excluding hydrogens is 390 g/mol. The molecule has 2 heterocycles. The van der Waals surface area contributed by atoms with Gasteiger partial charge in [-0.15, -0.1) is 0 Å². The normalized spacial score (nSPS) is 20.4. The van der Waals surface area contributed by atoms with Gasteiger partial charge in [0.1, 0.15) is 17.1 Å².